The minimum atomic E-state index is 0.452. The molecule has 72 valence electrons. The molecule has 0 aromatic carbocycles. The third-order valence-corrected chi connectivity index (χ3v) is 2.92. The van der Waals surface area contributed by atoms with Gasteiger partial charge in [-0.05, 0) is 5.75 Å². The molecule has 13 heavy (non-hydrogen) atoms. The second-order valence-electron chi connectivity index (χ2n) is 3.04. The Labute approximate surface area is 81.5 Å². The number of hydrogen-bond acceptors (Lipinski definition) is 5. The number of nitrogens with zero attached hydrogens (tertiary/aromatic N) is 2. The van der Waals surface area contributed by atoms with Crippen LogP contribution in [0, 0.1) is 0 Å². The molecule has 0 spiro atoms. The minimum absolute atomic E-state index is 0.452. The van der Waals surface area contributed by atoms with Crippen molar-refractivity contribution in [3.05, 3.63) is 11.7 Å². The molecule has 0 amide bonds. The number of thioether (sulfide) groups is 1. The summed E-state index contributed by atoms with van der Waals surface area (Å²) >= 11 is 1.81. The van der Waals surface area contributed by atoms with Crippen molar-refractivity contribution >= 4 is 11.8 Å². The van der Waals surface area contributed by atoms with Gasteiger partial charge in [-0.25, -0.2) is 0 Å². The van der Waals surface area contributed by atoms with Crippen LogP contribution in [0.15, 0.2) is 4.52 Å². The van der Waals surface area contributed by atoms with Gasteiger partial charge < -0.3 is 9.84 Å². The van der Waals surface area contributed by atoms with Gasteiger partial charge >= 0.3 is 0 Å². The fourth-order valence-corrected chi connectivity index (χ4v) is 1.65. The zero-order chi connectivity index (χ0) is 9.10. The molecule has 0 aliphatic carbocycles. The average Bonchev–Trinajstić information content (AvgIpc) is 2.46. The Balaban J connectivity index is 1.92. The van der Waals surface area contributed by atoms with Gasteiger partial charge in [-0.3, -0.25) is 0 Å². The summed E-state index contributed by atoms with van der Waals surface area (Å²) in [6, 6.07) is 0. The molecule has 0 unspecified atom stereocenters. The van der Waals surface area contributed by atoms with Crippen LogP contribution >= 0.6 is 11.8 Å². The Morgan fingerprint density at radius 1 is 1.62 bits per heavy atom. The van der Waals surface area contributed by atoms with Crippen molar-refractivity contribution in [3.63, 3.8) is 0 Å². The van der Waals surface area contributed by atoms with Crippen molar-refractivity contribution in [2.75, 3.05) is 18.8 Å². The molecule has 0 atom stereocenters. The molecule has 0 bridgehead atoms. The Morgan fingerprint density at radius 3 is 3.08 bits per heavy atom. The van der Waals surface area contributed by atoms with E-state index < -0.39 is 0 Å². The maximum atomic E-state index is 5.15. The van der Waals surface area contributed by atoms with Crippen molar-refractivity contribution in [1.82, 2.24) is 15.5 Å². The maximum absolute atomic E-state index is 5.15. The Hall–Kier alpha value is -0.550. The molecule has 1 aromatic rings. The van der Waals surface area contributed by atoms with Gasteiger partial charge in [0.25, 0.3) is 0 Å². The van der Waals surface area contributed by atoms with Crippen molar-refractivity contribution in [1.29, 1.82) is 0 Å². The van der Waals surface area contributed by atoms with Crippen LogP contribution in [-0.4, -0.2) is 29.0 Å². The van der Waals surface area contributed by atoms with Crippen LogP contribution in [0.5, 0.6) is 0 Å². The van der Waals surface area contributed by atoms with Gasteiger partial charge in [0.15, 0.2) is 5.82 Å². The van der Waals surface area contributed by atoms with E-state index in [9.17, 15) is 0 Å². The monoisotopic (exact) mass is 199 g/mol. The smallest absolute Gasteiger partial charge is 0.232 e. The highest BCUT2D eigenvalue weighted by Gasteiger charge is 2.24. The standard InChI is InChI=1S/C8H13N3OS/c1-2-13-5-7-10-8(12-11-7)6-3-9-4-6/h6,9H,2-5H2,1H3. The molecule has 1 aliphatic rings. The van der Waals surface area contributed by atoms with Crippen LogP contribution in [0.3, 0.4) is 0 Å². The van der Waals surface area contributed by atoms with Crippen LogP contribution in [-0.2, 0) is 5.75 Å². The second-order valence-corrected chi connectivity index (χ2v) is 4.32. The summed E-state index contributed by atoms with van der Waals surface area (Å²) in [7, 11) is 0. The first kappa shape index (κ1) is 9.02. The van der Waals surface area contributed by atoms with E-state index >= 15 is 0 Å². The quantitative estimate of drug-likeness (QED) is 0.784. The lowest BCUT2D eigenvalue weighted by atomic mass is 10.0. The van der Waals surface area contributed by atoms with Gasteiger partial charge in [-0.1, -0.05) is 12.1 Å². The van der Waals surface area contributed by atoms with E-state index in [0.717, 1.165) is 36.3 Å². The lowest BCUT2D eigenvalue weighted by Gasteiger charge is -2.22. The first-order valence-electron chi connectivity index (χ1n) is 4.51. The van der Waals surface area contributed by atoms with E-state index in [2.05, 4.69) is 22.4 Å². The summed E-state index contributed by atoms with van der Waals surface area (Å²) in [5.41, 5.74) is 0. The minimum Gasteiger partial charge on any atom is -0.339 e. The van der Waals surface area contributed by atoms with E-state index in [4.69, 9.17) is 4.52 Å². The van der Waals surface area contributed by atoms with Crippen LogP contribution in [0.1, 0.15) is 24.6 Å². The molecule has 1 N–H and O–H groups in total. The number of aromatic nitrogens is 2. The van der Waals surface area contributed by atoms with Gasteiger partial charge in [-0.15, -0.1) is 0 Å². The molecule has 5 heteroatoms. The first-order chi connectivity index (χ1) is 6.40. The summed E-state index contributed by atoms with van der Waals surface area (Å²) in [5, 5.41) is 7.10. The molecule has 1 aromatic heterocycles. The zero-order valence-electron chi connectivity index (χ0n) is 7.62. The summed E-state index contributed by atoms with van der Waals surface area (Å²) < 4.78 is 5.15. The van der Waals surface area contributed by atoms with Crippen molar-refractivity contribution in [2.24, 2.45) is 0 Å². The molecule has 1 aliphatic heterocycles. The van der Waals surface area contributed by atoms with E-state index in [1.807, 2.05) is 11.8 Å². The van der Waals surface area contributed by atoms with Gasteiger partial charge in [0.1, 0.15) is 0 Å². The largest absolute Gasteiger partial charge is 0.339 e. The summed E-state index contributed by atoms with van der Waals surface area (Å²) in [5.74, 6) is 4.03. The van der Waals surface area contributed by atoms with Gasteiger partial charge in [0, 0.05) is 13.1 Å². The molecule has 2 heterocycles. The van der Waals surface area contributed by atoms with Crippen LogP contribution in [0.4, 0.5) is 0 Å². The normalized spacial score (nSPS) is 17.3. The molecule has 0 saturated carbocycles. The Morgan fingerprint density at radius 2 is 2.46 bits per heavy atom. The van der Waals surface area contributed by atoms with Crippen LogP contribution in [0.25, 0.3) is 0 Å². The number of rotatable bonds is 4. The third kappa shape index (κ3) is 2.03. The van der Waals surface area contributed by atoms with Gasteiger partial charge in [0.05, 0.1) is 11.7 Å². The van der Waals surface area contributed by atoms with Crippen LogP contribution < -0.4 is 5.32 Å². The van der Waals surface area contributed by atoms with E-state index in [1.165, 1.54) is 0 Å². The zero-order valence-corrected chi connectivity index (χ0v) is 8.43. The van der Waals surface area contributed by atoms with Crippen molar-refractivity contribution in [2.45, 2.75) is 18.6 Å². The summed E-state index contributed by atoms with van der Waals surface area (Å²) in [4.78, 5) is 4.33. The molecule has 2 rings (SSSR count). The molecular weight excluding hydrogens is 186 g/mol. The molecule has 4 nitrogen and oxygen atoms in total. The molecule has 1 fully saturated rings. The van der Waals surface area contributed by atoms with Crippen molar-refractivity contribution < 1.29 is 4.52 Å². The third-order valence-electron chi connectivity index (χ3n) is 2.05. The lowest BCUT2D eigenvalue weighted by Crippen LogP contribution is -2.40. The summed E-state index contributed by atoms with van der Waals surface area (Å²) in [6.45, 7) is 4.08. The highest BCUT2D eigenvalue weighted by atomic mass is 32.2. The Bertz CT molecular complexity index is 272. The summed E-state index contributed by atoms with van der Waals surface area (Å²) in [6.07, 6.45) is 0. The fraction of sp³-hybridized carbons (Fsp3) is 0.750. The SMILES string of the molecule is CCSCc1noc(C2CNC2)n1. The fourth-order valence-electron chi connectivity index (χ4n) is 1.15. The highest BCUT2D eigenvalue weighted by Crippen LogP contribution is 2.18. The Kier molecular flexibility index (Phi) is 2.85. The highest BCUT2D eigenvalue weighted by molar-refractivity contribution is 7.98. The first-order valence-corrected chi connectivity index (χ1v) is 5.66. The van der Waals surface area contributed by atoms with Crippen molar-refractivity contribution in [3.8, 4) is 0 Å². The predicted octanol–water partition coefficient (Wildman–Crippen LogP) is 1.01. The predicted molar refractivity (Wildman–Crippen MR) is 51.7 cm³/mol. The molecule has 1 saturated heterocycles. The molecular formula is C8H13N3OS. The molecule has 0 radical (unpaired) electrons. The maximum Gasteiger partial charge on any atom is 0.232 e. The van der Waals surface area contributed by atoms with Crippen LogP contribution in [0.2, 0.25) is 0 Å². The van der Waals surface area contributed by atoms with E-state index in [0.29, 0.717) is 5.92 Å². The average molecular weight is 199 g/mol. The lowest BCUT2D eigenvalue weighted by molar-refractivity contribution is 0.306. The van der Waals surface area contributed by atoms with E-state index in [1.54, 1.807) is 0 Å². The second kappa shape index (κ2) is 4.11. The van der Waals surface area contributed by atoms with E-state index in [-0.39, 0.29) is 0 Å². The van der Waals surface area contributed by atoms with Gasteiger partial charge in [-0.2, -0.15) is 16.7 Å². The number of hydrogen-bond donors (Lipinski definition) is 1. The number of nitrogens with one attached hydrogen (secondary N) is 1. The topological polar surface area (TPSA) is 51.0 Å². The van der Waals surface area contributed by atoms with Gasteiger partial charge in [0.2, 0.25) is 5.89 Å².